The van der Waals surface area contributed by atoms with E-state index in [4.69, 9.17) is 9.31 Å². The Balaban J connectivity index is 1.17. The smallest absolute Gasteiger partial charge is 0.404 e. The Morgan fingerprint density at radius 2 is 1.68 bits per heavy atom. The van der Waals surface area contributed by atoms with Gasteiger partial charge in [-0.2, -0.15) is 5.21 Å². The minimum absolute atomic E-state index is 0.0302. The van der Waals surface area contributed by atoms with Crippen LogP contribution < -0.4 is 16.0 Å². The number of aryl methyl sites for hydroxylation is 1. The van der Waals surface area contributed by atoms with E-state index in [0.717, 1.165) is 37.7 Å². The molecule has 1 saturated heterocycles. The van der Waals surface area contributed by atoms with Crippen LogP contribution in [0.15, 0.2) is 48.5 Å². The lowest BCUT2D eigenvalue weighted by molar-refractivity contribution is -0.199. The normalized spacial score (nSPS) is 24.5. The van der Waals surface area contributed by atoms with E-state index in [2.05, 4.69) is 78.1 Å². The Labute approximate surface area is 294 Å². The monoisotopic (exact) mass is 683 g/mol. The molecule has 6 atom stereocenters. The molecule has 3 aliphatic carbocycles. The number of aromatic amines is 1. The molecule has 1 aliphatic heterocycles. The number of hydrogen-bond acceptors (Lipinski definition) is 8. The average Bonchev–Trinajstić information content (AvgIpc) is 3.77. The number of nitrogens with one attached hydrogen (secondary N) is 4. The molecule has 266 valence electrons. The molecule has 2 bridgehead atoms. The van der Waals surface area contributed by atoms with E-state index in [1.807, 2.05) is 12.1 Å². The highest BCUT2D eigenvalue weighted by atomic mass is 16.7. The van der Waals surface area contributed by atoms with Gasteiger partial charge in [0.25, 0.3) is 11.8 Å². The number of carbonyl (C=O) groups is 3. The van der Waals surface area contributed by atoms with Gasteiger partial charge in [-0.05, 0) is 97.2 Å². The highest BCUT2D eigenvalue weighted by molar-refractivity contribution is 6.48. The maximum Gasteiger partial charge on any atom is 0.481 e. The van der Waals surface area contributed by atoms with E-state index in [0.29, 0.717) is 40.8 Å². The number of tetrazole rings is 1. The first kappa shape index (κ1) is 35.7. The van der Waals surface area contributed by atoms with Crippen molar-refractivity contribution in [2.75, 3.05) is 6.54 Å². The Morgan fingerprint density at radius 1 is 0.980 bits per heavy atom. The maximum absolute atomic E-state index is 14.1. The SMILES string of the molecule is CCCCc1ccc(C(=O)N[C@@H](CNC(=O)c2ccc(-c3nn[nH]n3)cc2)C(=O)N[C@@H](CC(C)C)B2O[C@@H]3C[C@@H]4C[C@@H](C4(C)C)[C@]3(C)O2)cc1. The van der Waals surface area contributed by atoms with Gasteiger partial charge in [-0.3, -0.25) is 14.4 Å². The quantitative estimate of drug-likeness (QED) is 0.180. The van der Waals surface area contributed by atoms with Crippen molar-refractivity contribution < 1.29 is 23.7 Å². The van der Waals surface area contributed by atoms with Crippen molar-refractivity contribution in [3.05, 3.63) is 65.2 Å². The molecule has 50 heavy (non-hydrogen) atoms. The summed E-state index contributed by atoms with van der Waals surface area (Å²) in [6.07, 6.45) is 5.75. The van der Waals surface area contributed by atoms with Gasteiger partial charge in [0.1, 0.15) is 6.04 Å². The molecule has 4 fully saturated rings. The summed E-state index contributed by atoms with van der Waals surface area (Å²) < 4.78 is 13.3. The number of benzene rings is 2. The van der Waals surface area contributed by atoms with E-state index in [9.17, 15) is 14.4 Å². The van der Waals surface area contributed by atoms with Crippen LogP contribution in [0.2, 0.25) is 0 Å². The topological polar surface area (TPSA) is 160 Å². The summed E-state index contributed by atoms with van der Waals surface area (Å²) in [6, 6.07) is 13.1. The molecule has 7 rings (SSSR count). The summed E-state index contributed by atoms with van der Waals surface area (Å²) in [6.45, 7) is 13.0. The van der Waals surface area contributed by atoms with Gasteiger partial charge in [0, 0.05) is 23.2 Å². The molecular formula is C37H50BN7O5. The number of H-pyrrole nitrogens is 1. The van der Waals surface area contributed by atoms with Gasteiger partial charge in [0.05, 0.1) is 17.6 Å². The summed E-state index contributed by atoms with van der Waals surface area (Å²) in [5.74, 6) is -0.0282. The largest absolute Gasteiger partial charge is 0.481 e. The Kier molecular flexibility index (Phi) is 10.5. The summed E-state index contributed by atoms with van der Waals surface area (Å²) in [4.78, 5) is 40.9. The summed E-state index contributed by atoms with van der Waals surface area (Å²) in [7, 11) is -0.620. The van der Waals surface area contributed by atoms with E-state index in [1.54, 1.807) is 36.4 Å². The summed E-state index contributed by atoms with van der Waals surface area (Å²) >= 11 is 0. The number of hydrogen-bond donors (Lipinski definition) is 4. The molecule has 3 amide bonds. The van der Waals surface area contributed by atoms with Gasteiger partial charge in [0.15, 0.2) is 0 Å². The number of nitrogens with zero attached hydrogens (tertiary/aromatic N) is 3. The fraction of sp³-hybridized carbons (Fsp3) is 0.568. The van der Waals surface area contributed by atoms with E-state index in [-0.39, 0.29) is 24.0 Å². The molecule has 12 nitrogen and oxygen atoms in total. The van der Waals surface area contributed by atoms with Gasteiger partial charge < -0.3 is 25.3 Å². The zero-order valence-corrected chi connectivity index (χ0v) is 30.0. The van der Waals surface area contributed by atoms with Crippen molar-refractivity contribution in [1.29, 1.82) is 0 Å². The standard InChI is InChI=1S/C37H50BN7O5/c1-7-8-9-23-10-12-26(13-11-23)34(47)40-28(21-39-33(46)25-16-14-24(15-17-25)32-42-44-45-43-32)35(48)41-31(18-22(2)3)38-49-30-20-27-19-29(36(27,4)5)37(30,6)50-38/h10-17,22,27-31H,7-9,18-21H2,1-6H3,(H,39,46)(H,40,47)(H,41,48)(H,42,43,44,45)/t27-,28-,29-,30+,31-,37-/m0/s1. The Morgan fingerprint density at radius 3 is 2.32 bits per heavy atom. The lowest BCUT2D eigenvalue weighted by atomic mass is 9.43. The third-order valence-corrected chi connectivity index (χ3v) is 11.2. The summed E-state index contributed by atoms with van der Waals surface area (Å²) in [5.41, 5.74) is 2.43. The predicted octanol–water partition coefficient (Wildman–Crippen LogP) is 4.54. The lowest BCUT2D eigenvalue weighted by Crippen LogP contribution is -2.65. The number of carbonyl (C=O) groups excluding carboxylic acids is 3. The Hall–Kier alpha value is -4.10. The third-order valence-electron chi connectivity index (χ3n) is 11.2. The maximum atomic E-state index is 14.1. The van der Waals surface area contributed by atoms with E-state index in [1.165, 1.54) is 0 Å². The second-order valence-corrected chi connectivity index (χ2v) is 15.4. The number of amides is 3. The van der Waals surface area contributed by atoms with Crippen LogP contribution in [0.5, 0.6) is 0 Å². The van der Waals surface area contributed by atoms with Crippen LogP contribution in [0.4, 0.5) is 0 Å². The van der Waals surface area contributed by atoms with Crippen LogP contribution in [0, 0.1) is 23.2 Å². The predicted molar refractivity (Wildman–Crippen MR) is 190 cm³/mol. The van der Waals surface area contributed by atoms with Crippen LogP contribution >= 0.6 is 0 Å². The van der Waals surface area contributed by atoms with Crippen molar-refractivity contribution in [1.82, 2.24) is 36.6 Å². The van der Waals surface area contributed by atoms with Crippen LogP contribution in [-0.2, 0) is 20.5 Å². The van der Waals surface area contributed by atoms with Gasteiger partial charge in [-0.25, -0.2) is 0 Å². The van der Waals surface area contributed by atoms with Crippen molar-refractivity contribution in [2.45, 2.75) is 104 Å². The van der Waals surface area contributed by atoms with Crippen LogP contribution in [0.25, 0.3) is 11.4 Å². The lowest BCUT2D eigenvalue weighted by Gasteiger charge is -2.64. The molecule has 0 radical (unpaired) electrons. The second kappa shape index (κ2) is 14.6. The molecular weight excluding hydrogens is 633 g/mol. The number of aromatic nitrogens is 4. The van der Waals surface area contributed by atoms with Gasteiger partial charge in [-0.1, -0.05) is 65.3 Å². The highest BCUT2D eigenvalue weighted by Crippen LogP contribution is 2.65. The van der Waals surface area contributed by atoms with E-state index < -0.39 is 42.4 Å². The summed E-state index contributed by atoms with van der Waals surface area (Å²) in [5, 5.41) is 22.8. The molecule has 2 heterocycles. The van der Waals surface area contributed by atoms with Gasteiger partial charge in [-0.15, -0.1) is 10.2 Å². The molecule has 3 aromatic rings. The van der Waals surface area contributed by atoms with Gasteiger partial charge in [0.2, 0.25) is 11.7 Å². The van der Waals surface area contributed by atoms with Crippen molar-refractivity contribution in [3.63, 3.8) is 0 Å². The molecule has 4 aliphatic rings. The van der Waals surface area contributed by atoms with Crippen molar-refractivity contribution in [2.24, 2.45) is 23.2 Å². The first-order valence-electron chi connectivity index (χ1n) is 18.0. The van der Waals surface area contributed by atoms with Crippen LogP contribution in [0.3, 0.4) is 0 Å². The van der Waals surface area contributed by atoms with Crippen LogP contribution in [0.1, 0.15) is 99.9 Å². The molecule has 4 N–H and O–H groups in total. The molecule has 1 aromatic heterocycles. The third kappa shape index (κ3) is 7.34. The molecule has 0 unspecified atom stereocenters. The molecule has 0 spiro atoms. The first-order valence-corrected chi connectivity index (χ1v) is 18.0. The van der Waals surface area contributed by atoms with Gasteiger partial charge >= 0.3 is 7.12 Å². The molecule has 13 heteroatoms. The van der Waals surface area contributed by atoms with Crippen molar-refractivity contribution >= 4 is 24.8 Å². The molecule has 3 saturated carbocycles. The zero-order chi connectivity index (χ0) is 35.6. The minimum Gasteiger partial charge on any atom is -0.404 e. The fourth-order valence-electron chi connectivity index (χ4n) is 8.11. The van der Waals surface area contributed by atoms with E-state index >= 15 is 0 Å². The number of unbranched alkanes of at least 4 members (excludes halogenated alkanes) is 1. The van der Waals surface area contributed by atoms with Crippen molar-refractivity contribution in [3.8, 4) is 11.4 Å². The first-order chi connectivity index (χ1) is 23.9. The molecule has 2 aromatic carbocycles. The zero-order valence-electron chi connectivity index (χ0n) is 30.0. The fourth-order valence-corrected chi connectivity index (χ4v) is 8.11. The average molecular weight is 684 g/mol. The second-order valence-electron chi connectivity index (χ2n) is 15.4. The van der Waals surface area contributed by atoms with Crippen LogP contribution in [-0.4, -0.2) is 75.7 Å². The highest BCUT2D eigenvalue weighted by Gasteiger charge is 2.68. The Bertz CT molecular complexity index is 1650. The minimum atomic E-state index is -1.06. The number of rotatable bonds is 14.